The fourth-order valence-electron chi connectivity index (χ4n) is 3.67. The topological polar surface area (TPSA) is 100 Å². The lowest BCUT2D eigenvalue weighted by Gasteiger charge is -2.11. The van der Waals surface area contributed by atoms with Crippen LogP contribution in [-0.2, 0) is 43.4 Å². The van der Waals surface area contributed by atoms with E-state index in [0.29, 0.717) is 46.0 Å². The Morgan fingerprint density at radius 3 is 2.24 bits per heavy atom. The average Bonchev–Trinajstić information content (AvgIpc) is 2.99. The third-order valence-corrected chi connectivity index (χ3v) is 5.67. The monoisotopic (exact) mass is 585 g/mol. The molecule has 0 spiro atoms. The van der Waals surface area contributed by atoms with Gasteiger partial charge in [0.15, 0.2) is 5.71 Å². The number of methoxy groups -OCH3 is 1. The number of carbonyl (C=O) groups excluding carboxylic acids is 1. The largest absolute Gasteiger partial charge is 0.489 e. The van der Waals surface area contributed by atoms with Gasteiger partial charge >= 0.3 is 12.1 Å². The lowest BCUT2D eigenvalue weighted by molar-refractivity contribution is -0.137. The van der Waals surface area contributed by atoms with E-state index in [1.165, 1.54) is 20.3 Å². The van der Waals surface area contributed by atoms with Crippen LogP contribution in [0.4, 0.5) is 13.2 Å². The van der Waals surface area contributed by atoms with E-state index in [0.717, 1.165) is 12.1 Å². The van der Waals surface area contributed by atoms with Crippen molar-refractivity contribution in [2.24, 2.45) is 15.5 Å². The Bertz CT molecular complexity index is 1440. The molecule has 0 aromatic heterocycles. The van der Waals surface area contributed by atoms with Gasteiger partial charge in [0, 0.05) is 16.7 Å². The number of nitrogens with zero attached hydrogens (tertiary/aromatic N) is 3. The molecule has 0 N–H and O–H groups in total. The molecule has 0 saturated carbocycles. The van der Waals surface area contributed by atoms with Crippen molar-refractivity contribution in [2.75, 3.05) is 20.8 Å². The van der Waals surface area contributed by atoms with Crippen molar-refractivity contribution in [3.8, 4) is 5.75 Å². The molecule has 0 unspecified atom stereocenters. The standard InChI is InChI=1S/C30H30F3N3O6/c1-5-41-36-27(20(2)34-42-19-23-10-6-7-12-26(23)28(35-39-4)29(37)38-3)22-13-15-25(16-14-22)40-18-21-9-8-11-24(17-21)30(31,32)33/h6-17H,5,18-19H2,1-4H3/b34-20?,35-28?,36-27-. The van der Waals surface area contributed by atoms with Crippen molar-refractivity contribution in [1.82, 2.24) is 0 Å². The zero-order chi connectivity index (χ0) is 30.5. The van der Waals surface area contributed by atoms with Crippen LogP contribution in [0.1, 0.15) is 41.7 Å². The van der Waals surface area contributed by atoms with Gasteiger partial charge in [-0.25, -0.2) is 4.79 Å². The maximum absolute atomic E-state index is 13.0. The third kappa shape index (κ3) is 8.82. The predicted molar refractivity (Wildman–Crippen MR) is 150 cm³/mol. The molecule has 0 fully saturated rings. The molecule has 0 aliphatic carbocycles. The van der Waals surface area contributed by atoms with Gasteiger partial charge in [-0.05, 0) is 55.8 Å². The molecule has 3 aromatic carbocycles. The molecule has 0 heterocycles. The van der Waals surface area contributed by atoms with Gasteiger partial charge in [-0.1, -0.05) is 51.9 Å². The van der Waals surface area contributed by atoms with Crippen molar-refractivity contribution < 1.29 is 42.0 Å². The van der Waals surface area contributed by atoms with Crippen LogP contribution in [0.2, 0.25) is 0 Å². The maximum atomic E-state index is 13.0. The number of benzene rings is 3. The zero-order valence-corrected chi connectivity index (χ0v) is 23.5. The van der Waals surface area contributed by atoms with Crippen molar-refractivity contribution in [3.63, 3.8) is 0 Å². The van der Waals surface area contributed by atoms with Gasteiger partial charge < -0.3 is 24.0 Å². The second-order valence-electron chi connectivity index (χ2n) is 8.59. The van der Waals surface area contributed by atoms with E-state index in [-0.39, 0.29) is 18.9 Å². The molecule has 0 saturated heterocycles. The number of alkyl halides is 3. The van der Waals surface area contributed by atoms with E-state index < -0.39 is 17.7 Å². The third-order valence-electron chi connectivity index (χ3n) is 5.67. The summed E-state index contributed by atoms with van der Waals surface area (Å²) in [5, 5.41) is 12.1. The highest BCUT2D eigenvalue weighted by Crippen LogP contribution is 2.29. The van der Waals surface area contributed by atoms with Crippen LogP contribution < -0.4 is 4.74 Å². The van der Waals surface area contributed by atoms with Crippen LogP contribution >= 0.6 is 0 Å². The van der Waals surface area contributed by atoms with Gasteiger partial charge in [-0.2, -0.15) is 13.2 Å². The summed E-state index contributed by atoms with van der Waals surface area (Å²) >= 11 is 0. The molecule has 3 aromatic rings. The van der Waals surface area contributed by atoms with Gasteiger partial charge in [-0.3, -0.25) is 0 Å². The summed E-state index contributed by atoms with van der Waals surface area (Å²) in [6.07, 6.45) is -4.43. The van der Waals surface area contributed by atoms with Crippen LogP contribution in [0.5, 0.6) is 5.75 Å². The quantitative estimate of drug-likeness (QED) is 0.136. The van der Waals surface area contributed by atoms with Crippen molar-refractivity contribution in [1.29, 1.82) is 0 Å². The van der Waals surface area contributed by atoms with Gasteiger partial charge in [0.25, 0.3) is 0 Å². The molecule has 0 atom stereocenters. The SMILES string of the molecule is CCO/N=C(/C(C)=NOCc1ccccc1C(=NOC)C(=O)OC)c1ccc(OCc2cccc(C(F)(F)F)c2)cc1. The van der Waals surface area contributed by atoms with E-state index in [1.54, 1.807) is 68.4 Å². The fraction of sp³-hybridized carbons (Fsp3) is 0.267. The van der Waals surface area contributed by atoms with Crippen LogP contribution in [0.25, 0.3) is 0 Å². The molecular weight excluding hydrogens is 555 g/mol. The van der Waals surface area contributed by atoms with Crippen LogP contribution in [0.15, 0.2) is 88.3 Å². The normalized spacial score (nSPS) is 12.5. The first-order valence-corrected chi connectivity index (χ1v) is 12.7. The highest BCUT2D eigenvalue weighted by atomic mass is 19.4. The van der Waals surface area contributed by atoms with E-state index in [1.807, 2.05) is 0 Å². The molecule has 9 nitrogen and oxygen atoms in total. The first-order chi connectivity index (χ1) is 20.2. The second-order valence-corrected chi connectivity index (χ2v) is 8.59. The number of ether oxygens (including phenoxy) is 2. The van der Waals surface area contributed by atoms with Gasteiger partial charge in [0.2, 0.25) is 0 Å². The highest BCUT2D eigenvalue weighted by Gasteiger charge is 2.30. The molecule has 0 bridgehead atoms. The first-order valence-electron chi connectivity index (χ1n) is 12.7. The minimum Gasteiger partial charge on any atom is -0.489 e. The molecule has 0 aliphatic heterocycles. The van der Waals surface area contributed by atoms with E-state index in [2.05, 4.69) is 15.5 Å². The zero-order valence-electron chi connectivity index (χ0n) is 23.5. The minimum absolute atomic E-state index is 0.00251. The number of esters is 1. The summed E-state index contributed by atoms with van der Waals surface area (Å²) < 4.78 is 49.4. The smallest absolute Gasteiger partial charge is 0.416 e. The summed E-state index contributed by atoms with van der Waals surface area (Å²) in [6, 6.07) is 18.7. The number of oxime groups is 3. The molecule has 42 heavy (non-hydrogen) atoms. The van der Waals surface area contributed by atoms with Crippen molar-refractivity contribution in [2.45, 2.75) is 33.2 Å². The summed E-state index contributed by atoms with van der Waals surface area (Å²) in [5.41, 5.74) is 2.14. The Kier molecular flexibility index (Phi) is 11.5. The summed E-state index contributed by atoms with van der Waals surface area (Å²) in [4.78, 5) is 27.9. The highest BCUT2D eigenvalue weighted by molar-refractivity contribution is 6.47. The van der Waals surface area contributed by atoms with Crippen LogP contribution in [0.3, 0.4) is 0 Å². The van der Waals surface area contributed by atoms with Gasteiger partial charge in [0.05, 0.1) is 12.7 Å². The Morgan fingerprint density at radius 2 is 1.57 bits per heavy atom. The number of rotatable bonds is 13. The molecule has 222 valence electrons. The fourth-order valence-corrected chi connectivity index (χ4v) is 3.67. The molecule has 3 rings (SSSR count). The molecule has 0 aliphatic rings. The first kappa shape index (κ1) is 31.7. The lowest BCUT2D eigenvalue weighted by Crippen LogP contribution is -2.19. The number of hydrogen-bond acceptors (Lipinski definition) is 9. The maximum Gasteiger partial charge on any atom is 0.416 e. The molecule has 12 heteroatoms. The van der Waals surface area contributed by atoms with E-state index in [9.17, 15) is 18.0 Å². The van der Waals surface area contributed by atoms with Crippen LogP contribution in [0, 0.1) is 0 Å². The Morgan fingerprint density at radius 1 is 0.833 bits per heavy atom. The van der Waals surface area contributed by atoms with Crippen molar-refractivity contribution >= 4 is 23.1 Å². The summed E-state index contributed by atoms with van der Waals surface area (Å²) in [6.45, 7) is 3.75. The Balaban J connectivity index is 1.73. The lowest BCUT2D eigenvalue weighted by atomic mass is 10.0. The molecular formula is C30H30F3N3O6. The summed E-state index contributed by atoms with van der Waals surface area (Å²) in [7, 11) is 2.57. The van der Waals surface area contributed by atoms with E-state index in [4.69, 9.17) is 24.0 Å². The molecule has 0 amide bonds. The number of hydrogen-bond donors (Lipinski definition) is 0. The van der Waals surface area contributed by atoms with Crippen LogP contribution in [-0.4, -0.2) is 43.9 Å². The summed E-state index contributed by atoms with van der Waals surface area (Å²) in [5.74, 6) is -0.217. The Labute approximate surface area is 241 Å². The number of carbonyl (C=O) groups is 1. The van der Waals surface area contributed by atoms with Crippen molar-refractivity contribution in [3.05, 3.63) is 101 Å². The Hall–Kier alpha value is -4.87. The van der Waals surface area contributed by atoms with Gasteiger partial charge in [0.1, 0.15) is 44.1 Å². The average molecular weight is 586 g/mol. The van der Waals surface area contributed by atoms with E-state index >= 15 is 0 Å². The predicted octanol–water partition coefficient (Wildman–Crippen LogP) is 6.14. The molecule has 0 radical (unpaired) electrons. The number of halogens is 3. The minimum atomic E-state index is -4.43. The van der Waals surface area contributed by atoms with Gasteiger partial charge in [-0.15, -0.1) is 0 Å². The second kappa shape index (κ2) is 15.2.